The Labute approximate surface area is 243 Å². The van der Waals surface area contributed by atoms with E-state index in [2.05, 4.69) is 33.5 Å². The molecule has 1 aliphatic rings. The number of methoxy groups -OCH3 is 1. The minimum absolute atomic E-state index is 0.00753. The maximum atomic E-state index is 12.9. The fourth-order valence-electron chi connectivity index (χ4n) is 4.03. The van der Waals surface area contributed by atoms with E-state index in [1.165, 1.54) is 13.2 Å². The molecule has 12 heteroatoms. The number of amides is 1. The number of alkyl halides is 3. The molecule has 0 spiro atoms. The van der Waals surface area contributed by atoms with Crippen LogP contribution in [0.3, 0.4) is 0 Å². The number of aliphatic imine (C=N–C) groups is 1. The van der Waals surface area contributed by atoms with Crippen LogP contribution in [0.25, 0.3) is 5.70 Å². The van der Waals surface area contributed by atoms with Crippen LogP contribution in [0, 0.1) is 0 Å². The standard InChI is InChI=1S/C30H36F3N5O4/c1-6-25(30(31,32)33)11-10-21(2)42-20-27-26(19-35-37(27)4)29(40-5)36-22(3)23-8-7-9-24(18-23)28(39)34-12-13-38-14-16-41-17-15-38/h6-11,18-19H,1,3,12-17,20H2,2,4-5H3,(H,34,39)/b21-10+,25-11+,36-29?. The van der Waals surface area contributed by atoms with Gasteiger partial charge >= 0.3 is 6.18 Å². The molecule has 9 nitrogen and oxygen atoms in total. The number of nitrogens with one attached hydrogen (secondary N) is 1. The van der Waals surface area contributed by atoms with Gasteiger partial charge in [-0.1, -0.05) is 31.4 Å². The third-order valence-electron chi connectivity index (χ3n) is 6.48. The van der Waals surface area contributed by atoms with E-state index >= 15 is 0 Å². The number of allylic oxidation sites excluding steroid dienone is 5. The molecule has 1 aromatic carbocycles. The third-order valence-corrected chi connectivity index (χ3v) is 6.48. The highest BCUT2D eigenvalue weighted by atomic mass is 19.4. The van der Waals surface area contributed by atoms with Crippen LogP contribution in [-0.4, -0.2) is 79.2 Å². The van der Waals surface area contributed by atoms with Crippen LogP contribution in [0.1, 0.15) is 34.1 Å². The summed E-state index contributed by atoms with van der Waals surface area (Å²) in [6.45, 7) is 13.2. The van der Waals surface area contributed by atoms with Gasteiger partial charge in [-0.2, -0.15) is 18.3 Å². The monoisotopic (exact) mass is 587 g/mol. The van der Waals surface area contributed by atoms with Crippen molar-refractivity contribution in [2.24, 2.45) is 12.0 Å². The normalized spacial score (nSPS) is 15.3. The molecule has 0 atom stereocenters. The maximum Gasteiger partial charge on any atom is 0.416 e. The summed E-state index contributed by atoms with van der Waals surface area (Å²) in [4.78, 5) is 19.5. The molecule has 1 N–H and O–H groups in total. The number of aryl methyl sites for hydroxylation is 1. The number of aromatic nitrogens is 2. The summed E-state index contributed by atoms with van der Waals surface area (Å²) in [5.74, 6) is 0.264. The first-order chi connectivity index (χ1) is 20.0. The number of nitrogens with zero attached hydrogens (tertiary/aromatic N) is 4. The molecular weight excluding hydrogens is 551 g/mol. The van der Waals surface area contributed by atoms with Crippen molar-refractivity contribution in [1.82, 2.24) is 20.0 Å². The quantitative estimate of drug-likeness (QED) is 0.169. The van der Waals surface area contributed by atoms with Crippen molar-refractivity contribution in [3.8, 4) is 0 Å². The van der Waals surface area contributed by atoms with Gasteiger partial charge in [0, 0.05) is 44.4 Å². The van der Waals surface area contributed by atoms with E-state index in [0.717, 1.165) is 31.8 Å². The second kappa shape index (κ2) is 15.2. The van der Waals surface area contributed by atoms with Gasteiger partial charge in [0.25, 0.3) is 5.91 Å². The molecule has 2 aromatic rings. The van der Waals surface area contributed by atoms with Crippen LogP contribution in [0.15, 0.2) is 78.2 Å². The van der Waals surface area contributed by atoms with Crippen LogP contribution < -0.4 is 5.32 Å². The zero-order valence-electron chi connectivity index (χ0n) is 24.0. The summed E-state index contributed by atoms with van der Waals surface area (Å²) in [6.07, 6.45) is -0.0973. The molecule has 1 aromatic heterocycles. The second-order valence-electron chi connectivity index (χ2n) is 9.38. The van der Waals surface area contributed by atoms with Gasteiger partial charge in [0.1, 0.15) is 6.61 Å². The van der Waals surface area contributed by atoms with Gasteiger partial charge in [-0.3, -0.25) is 14.4 Å². The molecule has 1 fully saturated rings. The van der Waals surface area contributed by atoms with Crippen LogP contribution in [0.4, 0.5) is 13.2 Å². The summed E-state index contributed by atoms with van der Waals surface area (Å²) in [7, 11) is 3.15. The van der Waals surface area contributed by atoms with Crippen molar-refractivity contribution < 1.29 is 32.2 Å². The van der Waals surface area contributed by atoms with Crippen molar-refractivity contribution in [3.05, 3.63) is 95.6 Å². The van der Waals surface area contributed by atoms with Gasteiger partial charge in [-0.05, 0) is 31.2 Å². The van der Waals surface area contributed by atoms with E-state index in [4.69, 9.17) is 14.2 Å². The first-order valence-electron chi connectivity index (χ1n) is 13.3. The smallest absolute Gasteiger partial charge is 0.416 e. The number of ether oxygens (including phenoxy) is 3. The van der Waals surface area contributed by atoms with Gasteiger partial charge in [-0.15, -0.1) is 0 Å². The maximum absolute atomic E-state index is 12.9. The first-order valence-corrected chi connectivity index (χ1v) is 13.3. The van der Waals surface area contributed by atoms with Crippen molar-refractivity contribution in [2.75, 3.05) is 46.5 Å². The SMILES string of the molecule is C=C/C(=C\C=C(/C)OCc1c(C(=NC(=C)c2cccc(C(=O)NCCN3CCOCC3)c2)OC)cnn1C)C(F)(F)F. The highest BCUT2D eigenvalue weighted by Gasteiger charge is 2.30. The largest absolute Gasteiger partial charge is 0.492 e. The molecule has 0 radical (unpaired) electrons. The molecule has 3 rings (SSSR count). The average molecular weight is 588 g/mol. The van der Waals surface area contributed by atoms with Gasteiger partial charge < -0.3 is 19.5 Å². The van der Waals surface area contributed by atoms with E-state index in [-0.39, 0.29) is 24.2 Å². The summed E-state index contributed by atoms with van der Waals surface area (Å²) in [5.41, 5.74) is 1.67. The topological polar surface area (TPSA) is 90.2 Å². The Kier molecular flexibility index (Phi) is 11.7. The Bertz CT molecular complexity index is 1350. The summed E-state index contributed by atoms with van der Waals surface area (Å²) < 4.78 is 56.9. The number of hydrogen-bond acceptors (Lipinski definition) is 7. The van der Waals surface area contributed by atoms with Crippen molar-refractivity contribution in [3.63, 3.8) is 0 Å². The number of carbonyl (C=O) groups excluding carboxylic acids is 1. The van der Waals surface area contributed by atoms with E-state index in [9.17, 15) is 18.0 Å². The van der Waals surface area contributed by atoms with Gasteiger partial charge in [-0.25, -0.2) is 4.99 Å². The first kappa shape index (κ1) is 32.4. The van der Waals surface area contributed by atoms with Crippen LogP contribution in [0.5, 0.6) is 0 Å². The Morgan fingerprint density at radius 3 is 2.62 bits per heavy atom. The lowest BCUT2D eigenvalue weighted by Gasteiger charge is -2.26. The summed E-state index contributed by atoms with van der Waals surface area (Å²) >= 11 is 0. The number of morpholine rings is 1. The molecule has 0 unspecified atom stereocenters. The van der Waals surface area contributed by atoms with Crippen LogP contribution in [0.2, 0.25) is 0 Å². The number of halogens is 3. The van der Waals surface area contributed by atoms with E-state index in [0.29, 0.717) is 47.8 Å². The van der Waals surface area contributed by atoms with Gasteiger partial charge in [0.15, 0.2) is 0 Å². The molecule has 226 valence electrons. The predicted molar refractivity (Wildman–Crippen MR) is 155 cm³/mol. The molecule has 1 amide bonds. The predicted octanol–water partition coefficient (Wildman–Crippen LogP) is 4.64. The van der Waals surface area contributed by atoms with Crippen LogP contribution in [-0.2, 0) is 27.9 Å². The van der Waals surface area contributed by atoms with Crippen molar-refractivity contribution in [1.29, 1.82) is 0 Å². The molecule has 1 saturated heterocycles. The van der Waals surface area contributed by atoms with Crippen molar-refractivity contribution >= 4 is 17.5 Å². The number of benzene rings is 1. The molecule has 2 heterocycles. The van der Waals surface area contributed by atoms with Crippen molar-refractivity contribution in [2.45, 2.75) is 19.7 Å². The zero-order chi connectivity index (χ0) is 30.7. The number of rotatable bonds is 12. The fraction of sp³-hybridized carbons (Fsp3) is 0.367. The lowest BCUT2D eigenvalue weighted by molar-refractivity contribution is -0.0881. The van der Waals surface area contributed by atoms with E-state index in [1.807, 2.05) is 0 Å². The molecule has 1 aliphatic heterocycles. The highest BCUT2D eigenvalue weighted by molar-refractivity contribution is 5.99. The van der Waals surface area contributed by atoms with Crippen LogP contribution >= 0.6 is 0 Å². The summed E-state index contributed by atoms with van der Waals surface area (Å²) in [6, 6.07) is 6.96. The minimum Gasteiger partial charge on any atom is -0.492 e. The number of hydrogen-bond donors (Lipinski definition) is 1. The minimum atomic E-state index is -4.51. The zero-order valence-corrected chi connectivity index (χ0v) is 24.0. The fourth-order valence-corrected chi connectivity index (χ4v) is 4.03. The second-order valence-corrected chi connectivity index (χ2v) is 9.38. The molecule has 0 bridgehead atoms. The molecule has 0 saturated carbocycles. The number of carbonyl (C=O) groups is 1. The molecule has 42 heavy (non-hydrogen) atoms. The molecule has 0 aliphatic carbocycles. The highest BCUT2D eigenvalue weighted by Crippen LogP contribution is 2.26. The lowest BCUT2D eigenvalue weighted by atomic mass is 10.1. The van der Waals surface area contributed by atoms with E-state index in [1.54, 1.807) is 49.1 Å². The Balaban J connectivity index is 1.69. The van der Waals surface area contributed by atoms with Gasteiger partial charge in [0.2, 0.25) is 5.90 Å². The third kappa shape index (κ3) is 9.18. The summed E-state index contributed by atoms with van der Waals surface area (Å²) in [5, 5.41) is 7.20. The molecular formula is C30H36F3N5O4. The van der Waals surface area contributed by atoms with Gasteiger partial charge in [0.05, 0.1) is 54.8 Å². The van der Waals surface area contributed by atoms with E-state index < -0.39 is 11.7 Å². The lowest BCUT2D eigenvalue weighted by Crippen LogP contribution is -2.41. The Morgan fingerprint density at radius 1 is 1.24 bits per heavy atom. The Morgan fingerprint density at radius 2 is 1.95 bits per heavy atom. The average Bonchev–Trinajstić information content (AvgIpc) is 3.34. The Hall–Kier alpha value is -4.16.